The molecule has 0 radical (unpaired) electrons. The molecule has 1 aliphatic rings. The Hall–Kier alpha value is -2.84. The van der Waals surface area contributed by atoms with Gasteiger partial charge in [-0.15, -0.1) is 13.2 Å². The smallest absolute Gasteiger partial charge is 0.403 e. The molecule has 9 heteroatoms. The minimum absolute atomic E-state index is 0.102. The average molecular weight is 439 g/mol. The zero-order valence-corrected chi connectivity index (χ0v) is 17.9. The summed E-state index contributed by atoms with van der Waals surface area (Å²) < 4.78 is 54.6. The molecule has 0 saturated carbocycles. The number of nitrogens with zero attached hydrogens (tertiary/aromatic N) is 2. The molecule has 0 fully saturated rings. The van der Waals surface area contributed by atoms with Gasteiger partial charge in [-0.1, -0.05) is 26.8 Å². The largest absolute Gasteiger partial charge is 0.573 e. The fourth-order valence-corrected chi connectivity index (χ4v) is 3.48. The number of rotatable bonds is 5. The van der Waals surface area contributed by atoms with E-state index in [0.717, 1.165) is 29.1 Å². The number of carbonyl (C=O) groups excluding carboxylic acids is 1. The molecule has 1 N–H and O–H groups in total. The van der Waals surface area contributed by atoms with Gasteiger partial charge in [0.1, 0.15) is 5.82 Å². The van der Waals surface area contributed by atoms with Gasteiger partial charge < -0.3 is 15.0 Å². The maximum Gasteiger partial charge on any atom is 0.573 e. The number of hydrogen-bond acceptors (Lipinski definition) is 4. The summed E-state index contributed by atoms with van der Waals surface area (Å²) in [5.74, 6) is -1.50. The van der Waals surface area contributed by atoms with Crippen molar-refractivity contribution in [3.8, 4) is 5.75 Å². The normalized spacial score (nSPS) is 13.9. The Morgan fingerprint density at radius 3 is 2.55 bits per heavy atom. The van der Waals surface area contributed by atoms with Crippen molar-refractivity contribution in [2.24, 2.45) is 5.41 Å². The van der Waals surface area contributed by atoms with E-state index in [2.05, 4.69) is 15.0 Å². The Morgan fingerprint density at radius 1 is 1.23 bits per heavy atom. The Labute approximate surface area is 178 Å². The molecule has 3 rings (SSSR count). The van der Waals surface area contributed by atoms with Crippen LogP contribution < -0.4 is 15.0 Å². The van der Waals surface area contributed by atoms with E-state index in [4.69, 9.17) is 0 Å². The van der Waals surface area contributed by atoms with Crippen molar-refractivity contribution in [1.82, 2.24) is 4.98 Å². The van der Waals surface area contributed by atoms with E-state index in [-0.39, 0.29) is 11.3 Å². The third kappa shape index (κ3) is 6.08. The van der Waals surface area contributed by atoms with Gasteiger partial charge in [-0.2, -0.15) is 0 Å². The first-order valence-electron chi connectivity index (χ1n) is 9.90. The number of benzene rings is 1. The lowest BCUT2D eigenvalue weighted by Crippen LogP contribution is -2.21. The summed E-state index contributed by atoms with van der Waals surface area (Å²) in [7, 11) is 0. The number of pyridine rings is 1. The lowest BCUT2D eigenvalue weighted by atomic mass is 9.92. The van der Waals surface area contributed by atoms with Gasteiger partial charge in [-0.05, 0) is 41.7 Å². The first kappa shape index (κ1) is 22.8. The predicted molar refractivity (Wildman–Crippen MR) is 110 cm³/mol. The molecule has 0 atom stereocenters. The van der Waals surface area contributed by atoms with Crippen molar-refractivity contribution >= 4 is 17.4 Å². The van der Waals surface area contributed by atoms with Crippen molar-refractivity contribution in [3.05, 3.63) is 46.9 Å². The van der Waals surface area contributed by atoms with Crippen molar-refractivity contribution in [2.75, 3.05) is 16.8 Å². The molecule has 1 aliphatic heterocycles. The van der Waals surface area contributed by atoms with Gasteiger partial charge in [-0.3, -0.25) is 4.79 Å². The number of nitrogens with one attached hydrogen (secondary N) is 1. The minimum Gasteiger partial charge on any atom is -0.403 e. The molecule has 0 spiro atoms. The highest BCUT2D eigenvalue weighted by Gasteiger charge is 2.32. The molecule has 1 amide bonds. The summed E-state index contributed by atoms with van der Waals surface area (Å²) in [6.07, 6.45) is -3.92. The molecule has 2 aromatic rings. The molecular formula is C22H25F4N3O2. The van der Waals surface area contributed by atoms with Crippen LogP contribution in [0.1, 0.15) is 44.0 Å². The first-order chi connectivity index (χ1) is 14.3. The van der Waals surface area contributed by atoms with Crippen LogP contribution in [0.25, 0.3) is 0 Å². The van der Waals surface area contributed by atoms with Crippen molar-refractivity contribution in [2.45, 2.75) is 53.4 Å². The summed E-state index contributed by atoms with van der Waals surface area (Å²) in [4.78, 5) is 18.8. The second-order valence-corrected chi connectivity index (χ2v) is 8.89. The van der Waals surface area contributed by atoms with Crippen molar-refractivity contribution in [1.29, 1.82) is 0 Å². The number of amides is 1. The zero-order valence-electron chi connectivity index (χ0n) is 17.9. The van der Waals surface area contributed by atoms with Crippen LogP contribution in [-0.2, 0) is 17.8 Å². The molecule has 5 nitrogen and oxygen atoms in total. The monoisotopic (exact) mass is 439 g/mol. The second kappa shape index (κ2) is 8.36. The number of anilines is 2. The van der Waals surface area contributed by atoms with Crippen LogP contribution in [0, 0.1) is 18.2 Å². The summed E-state index contributed by atoms with van der Waals surface area (Å²) >= 11 is 0. The van der Waals surface area contributed by atoms with Crippen LogP contribution in [0.15, 0.2) is 24.3 Å². The summed E-state index contributed by atoms with van der Waals surface area (Å²) in [6.45, 7) is 8.74. The van der Waals surface area contributed by atoms with E-state index in [1.165, 1.54) is 6.07 Å². The molecule has 168 valence electrons. The molecule has 1 aromatic carbocycles. The Kier molecular flexibility index (Phi) is 6.16. The number of carbonyl (C=O) groups is 1. The molecule has 0 bridgehead atoms. The standard InChI is InChI=1S/C22H25F4N3O2/c1-13-9-17-16(27-20(13)28-19(30)11-21(2,3)4)7-8-29(17)12-14-5-6-18(15(23)10-14)31-22(24,25)26/h5-6,9-10H,7-8,11-12H2,1-4H3,(H,27,28,30). The molecule has 0 unspecified atom stereocenters. The number of aryl methyl sites for hydroxylation is 1. The van der Waals surface area contributed by atoms with Crippen LogP contribution in [-0.4, -0.2) is 23.8 Å². The second-order valence-electron chi connectivity index (χ2n) is 8.89. The zero-order chi connectivity index (χ0) is 23.0. The Bertz CT molecular complexity index is 984. The van der Waals surface area contributed by atoms with Crippen LogP contribution in [0.4, 0.5) is 29.1 Å². The molecular weight excluding hydrogens is 414 g/mol. The van der Waals surface area contributed by atoms with Crippen molar-refractivity contribution < 1.29 is 27.1 Å². The minimum atomic E-state index is -4.94. The van der Waals surface area contributed by atoms with Gasteiger partial charge in [0.15, 0.2) is 11.6 Å². The number of hydrogen-bond donors (Lipinski definition) is 1. The van der Waals surface area contributed by atoms with E-state index in [0.29, 0.717) is 37.3 Å². The van der Waals surface area contributed by atoms with Crippen molar-refractivity contribution in [3.63, 3.8) is 0 Å². The number of fused-ring (bicyclic) bond motifs is 1. The molecule has 0 saturated heterocycles. The number of halogens is 4. The lowest BCUT2D eigenvalue weighted by molar-refractivity contribution is -0.275. The van der Waals surface area contributed by atoms with Gasteiger partial charge in [0, 0.05) is 25.9 Å². The third-order valence-corrected chi connectivity index (χ3v) is 4.77. The Morgan fingerprint density at radius 2 is 1.94 bits per heavy atom. The highest BCUT2D eigenvalue weighted by molar-refractivity contribution is 5.91. The molecule has 1 aromatic heterocycles. The van der Waals surface area contributed by atoms with Crippen LogP contribution >= 0.6 is 0 Å². The third-order valence-electron chi connectivity index (χ3n) is 4.77. The first-order valence-corrected chi connectivity index (χ1v) is 9.90. The Balaban J connectivity index is 1.73. The van der Waals surface area contributed by atoms with Crippen LogP contribution in [0.5, 0.6) is 5.75 Å². The number of ether oxygens (including phenoxy) is 1. The summed E-state index contributed by atoms with van der Waals surface area (Å²) in [5, 5.41) is 2.87. The van der Waals surface area contributed by atoms with E-state index in [1.54, 1.807) is 0 Å². The predicted octanol–water partition coefficient (Wildman–Crippen LogP) is 5.37. The molecule has 2 heterocycles. The highest BCUT2D eigenvalue weighted by atomic mass is 19.4. The fourth-order valence-electron chi connectivity index (χ4n) is 3.48. The van der Waals surface area contributed by atoms with Gasteiger partial charge in [0.2, 0.25) is 5.91 Å². The van der Waals surface area contributed by atoms with Gasteiger partial charge in [0.05, 0.1) is 11.4 Å². The number of alkyl halides is 3. The molecule has 0 aliphatic carbocycles. The topological polar surface area (TPSA) is 54.5 Å². The number of aromatic nitrogens is 1. The quantitative estimate of drug-likeness (QED) is 0.637. The highest BCUT2D eigenvalue weighted by Crippen LogP contribution is 2.33. The van der Waals surface area contributed by atoms with Gasteiger partial charge in [-0.25, -0.2) is 9.37 Å². The SMILES string of the molecule is Cc1cc2c(nc1NC(=O)CC(C)(C)C)CCN2Cc1ccc(OC(F)(F)F)c(F)c1. The summed E-state index contributed by atoms with van der Waals surface area (Å²) in [5.41, 5.74) is 2.85. The molecule has 31 heavy (non-hydrogen) atoms. The lowest BCUT2D eigenvalue weighted by Gasteiger charge is -2.21. The van der Waals surface area contributed by atoms with Gasteiger partial charge in [0.25, 0.3) is 0 Å². The average Bonchev–Trinajstić information content (AvgIpc) is 2.97. The van der Waals surface area contributed by atoms with E-state index in [1.807, 2.05) is 38.7 Å². The summed E-state index contributed by atoms with van der Waals surface area (Å²) in [6, 6.07) is 5.34. The van der Waals surface area contributed by atoms with Crippen LogP contribution in [0.3, 0.4) is 0 Å². The van der Waals surface area contributed by atoms with E-state index >= 15 is 0 Å². The van der Waals surface area contributed by atoms with Crippen LogP contribution in [0.2, 0.25) is 0 Å². The fraction of sp³-hybridized carbons (Fsp3) is 0.455. The maximum atomic E-state index is 14.0. The van der Waals surface area contributed by atoms with E-state index < -0.39 is 17.9 Å². The van der Waals surface area contributed by atoms with E-state index in [9.17, 15) is 22.4 Å². The van der Waals surface area contributed by atoms with Gasteiger partial charge >= 0.3 is 6.36 Å². The maximum absolute atomic E-state index is 14.0.